The SMILES string of the molecule is CC(C)OC(=O)[C@H]1CC[C@H](c2nnc(-c3ccc(C4CCNCC4)cc3)s2)CC1.Cl. The van der Waals surface area contributed by atoms with Crippen molar-refractivity contribution in [2.75, 3.05) is 13.1 Å². The molecule has 1 aromatic heterocycles. The predicted octanol–water partition coefficient (Wildman–Crippen LogP) is 5.32. The van der Waals surface area contributed by atoms with Crippen molar-refractivity contribution in [3.05, 3.63) is 34.8 Å². The molecule has 2 fully saturated rings. The fourth-order valence-corrected chi connectivity index (χ4v) is 5.49. The van der Waals surface area contributed by atoms with E-state index in [2.05, 4.69) is 39.8 Å². The molecule has 0 amide bonds. The number of aromatic nitrogens is 2. The maximum atomic E-state index is 12.1. The van der Waals surface area contributed by atoms with E-state index in [9.17, 15) is 4.79 Å². The molecule has 4 rings (SSSR count). The fourth-order valence-electron chi connectivity index (χ4n) is 4.47. The zero-order valence-electron chi connectivity index (χ0n) is 17.8. The molecule has 2 aromatic rings. The number of benzene rings is 1. The predicted molar refractivity (Wildman–Crippen MR) is 123 cm³/mol. The lowest BCUT2D eigenvalue weighted by Crippen LogP contribution is -2.26. The molecule has 1 aliphatic carbocycles. The number of halogens is 1. The Morgan fingerprint density at radius 3 is 2.30 bits per heavy atom. The molecule has 2 heterocycles. The number of hydrogen-bond acceptors (Lipinski definition) is 6. The van der Waals surface area contributed by atoms with Crippen molar-refractivity contribution in [3.63, 3.8) is 0 Å². The average molecular weight is 450 g/mol. The molecule has 0 radical (unpaired) electrons. The van der Waals surface area contributed by atoms with E-state index >= 15 is 0 Å². The summed E-state index contributed by atoms with van der Waals surface area (Å²) in [6.07, 6.45) is 6.15. The number of carbonyl (C=O) groups excluding carboxylic acids is 1. The van der Waals surface area contributed by atoms with Crippen molar-refractivity contribution in [1.29, 1.82) is 0 Å². The van der Waals surface area contributed by atoms with E-state index in [1.807, 2.05) is 13.8 Å². The molecular formula is C23H32ClN3O2S. The van der Waals surface area contributed by atoms with Crippen LogP contribution >= 0.6 is 23.7 Å². The van der Waals surface area contributed by atoms with E-state index in [-0.39, 0.29) is 30.4 Å². The topological polar surface area (TPSA) is 64.1 Å². The molecule has 1 aliphatic heterocycles. The zero-order valence-corrected chi connectivity index (χ0v) is 19.4. The summed E-state index contributed by atoms with van der Waals surface area (Å²) in [4.78, 5) is 12.1. The van der Waals surface area contributed by atoms with Gasteiger partial charge in [0.05, 0.1) is 12.0 Å². The Morgan fingerprint density at radius 1 is 1.00 bits per heavy atom. The number of rotatable bonds is 5. The molecule has 30 heavy (non-hydrogen) atoms. The van der Waals surface area contributed by atoms with Crippen molar-refractivity contribution in [3.8, 4) is 10.6 Å². The molecule has 7 heteroatoms. The van der Waals surface area contributed by atoms with Gasteiger partial charge >= 0.3 is 5.97 Å². The smallest absolute Gasteiger partial charge is 0.309 e. The van der Waals surface area contributed by atoms with Gasteiger partial charge < -0.3 is 10.1 Å². The quantitative estimate of drug-likeness (QED) is 0.626. The van der Waals surface area contributed by atoms with Crippen LogP contribution in [0.5, 0.6) is 0 Å². The van der Waals surface area contributed by atoms with Gasteiger partial charge in [-0.05, 0) is 76.9 Å². The van der Waals surface area contributed by atoms with E-state index in [0.717, 1.165) is 54.4 Å². The second-order valence-corrected chi connectivity index (χ2v) is 9.64. The van der Waals surface area contributed by atoms with Gasteiger partial charge in [-0.3, -0.25) is 4.79 Å². The summed E-state index contributed by atoms with van der Waals surface area (Å²) in [5.41, 5.74) is 2.59. The number of ether oxygens (including phenoxy) is 1. The van der Waals surface area contributed by atoms with Gasteiger partial charge in [0.15, 0.2) is 0 Å². The van der Waals surface area contributed by atoms with Crippen LogP contribution < -0.4 is 5.32 Å². The summed E-state index contributed by atoms with van der Waals surface area (Å²) < 4.78 is 5.38. The Bertz CT molecular complexity index is 810. The third-order valence-electron chi connectivity index (χ3n) is 6.17. The third-order valence-corrected chi connectivity index (χ3v) is 7.31. The van der Waals surface area contributed by atoms with Crippen LogP contribution in [0.25, 0.3) is 10.6 Å². The first-order chi connectivity index (χ1) is 14.1. The van der Waals surface area contributed by atoms with Gasteiger partial charge in [-0.1, -0.05) is 35.6 Å². The number of hydrogen-bond donors (Lipinski definition) is 1. The second kappa shape index (κ2) is 10.7. The summed E-state index contributed by atoms with van der Waals surface area (Å²) in [6, 6.07) is 8.91. The van der Waals surface area contributed by atoms with Crippen LogP contribution in [0.3, 0.4) is 0 Å². The largest absolute Gasteiger partial charge is 0.463 e. The van der Waals surface area contributed by atoms with Crippen molar-refractivity contribution in [1.82, 2.24) is 15.5 Å². The van der Waals surface area contributed by atoms with Gasteiger partial charge in [0, 0.05) is 11.5 Å². The van der Waals surface area contributed by atoms with Gasteiger partial charge in [0.25, 0.3) is 0 Å². The first-order valence-corrected chi connectivity index (χ1v) is 11.8. The minimum Gasteiger partial charge on any atom is -0.463 e. The molecular weight excluding hydrogens is 418 g/mol. The van der Waals surface area contributed by atoms with E-state index in [1.54, 1.807) is 11.3 Å². The molecule has 2 aliphatic rings. The monoisotopic (exact) mass is 449 g/mol. The minimum absolute atomic E-state index is 0. The van der Waals surface area contributed by atoms with Crippen molar-refractivity contribution >= 4 is 29.7 Å². The Morgan fingerprint density at radius 2 is 1.67 bits per heavy atom. The molecule has 0 atom stereocenters. The molecule has 5 nitrogen and oxygen atoms in total. The maximum absolute atomic E-state index is 12.1. The minimum atomic E-state index is -0.0368. The van der Waals surface area contributed by atoms with Gasteiger partial charge in [-0.2, -0.15) is 0 Å². The molecule has 1 N–H and O–H groups in total. The highest BCUT2D eigenvalue weighted by molar-refractivity contribution is 7.14. The Kier molecular flexibility index (Phi) is 8.26. The Hall–Kier alpha value is -1.50. The highest BCUT2D eigenvalue weighted by atomic mass is 35.5. The molecule has 0 unspecified atom stereocenters. The Balaban J connectivity index is 0.00000256. The van der Waals surface area contributed by atoms with Crippen LogP contribution in [0.1, 0.15) is 74.8 Å². The summed E-state index contributed by atoms with van der Waals surface area (Å²) in [6.45, 7) is 6.05. The summed E-state index contributed by atoms with van der Waals surface area (Å²) in [7, 11) is 0. The summed E-state index contributed by atoms with van der Waals surface area (Å²) in [5, 5.41) is 14.5. The van der Waals surface area contributed by atoms with Crippen LogP contribution in [0.4, 0.5) is 0 Å². The third kappa shape index (κ3) is 5.59. The molecule has 0 spiro atoms. The maximum Gasteiger partial charge on any atom is 0.309 e. The lowest BCUT2D eigenvalue weighted by molar-refractivity contribution is -0.153. The number of nitrogens with one attached hydrogen (secondary N) is 1. The second-order valence-electron chi connectivity index (χ2n) is 8.63. The lowest BCUT2D eigenvalue weighted by Gasteiger charge is -2.26. The van der Waals surface area contributed by atoms with Crippen LogP contribution in [-0.2, 0) is 9.53 Å². The van der Waals surface area contributed by atoms with Gasteiger partial charge in [-0.25, -0.2) is 0 Å². The summed E-state index contributed by atoms with van der Waals surface area (Å²) >= 11 is 1.71. The number of esters is 1. The van der Waals surface area contributed by atoms with Crippen molar-refractivity contribution in [2.24, 2.45) is 5.92 Å². The highest BCUT2D eigenvalue weighted by Crippen LogP contribution is 2.39. The van der Waals surface area contributed by atoms with Gasteiger partial charge in [0.1, 0.15) is 10.0 Å². The number of carbonyl (C=O) groups is 1. The molecule has 1 aromatic carbocycles. The molecule has 0 bridgehead atoms. The molecule has 1 saturated heterocycles. The van der Waals surface area contributed by atoms with E-state index in [1.165, 1.54) is 18.4 Å². The average Bonchev–Trinajstić information content (AvgIpc) is 3.24. The zero-order chi connectivity index (χ0) is 20.2. The highest BCUT2D eigenvalue weighted by Gasteiger charge is 2.30. The van der Waals surface area contributed by atoms with Crippen molar-refractivity contribution < 1.29 is 9.53 Å². The number of nitrogens with zero attached hydrogens (tertiary/aromatic N) is 2. The Labute approximate surface area is 189 Å². The lowest BCUT2D eigenvalue weighted by atomic mass is 9.82. The van der Waals surface area contributed by atoms with Crippen molar-refractivity contribution in [2.45, 2.75) is 70.3 Å². The van der Waals surface area contributed by atoms with E-state index in [4.69, 9.17) is 4.74 Å². The van der Waals surface area contributed by atoms with Gasteiger partial charge in [-0.15, -0.1) is 22.6 Å². The normalized spacial score (nSPS) is 22.5. The van der Waals surface area contributed by atoms with E-state index < -0.39 is 0 Å². The standard InChI is InChI=1S/C23H31N3O2S.ClH/c1-15(2)28-23(27)20-9-7-19(8-10-20)22-26-25-21(29-22)18-5-3-16(4-6-18)17-11-13-24-14-12-17;/h3-6,15,17,19-20,24H,7-14H2,1-2H3;1H/t19-,20-;. The first-order valence-electron chi connectivity index (χ1n) is 10.9. The van der Waals surface area contributed by atoms with Crippen LogP contribution in [-0.4, -0.2) is 35.4 Å². The summed E-state index contributed by atoms with van der Waals surface area (Å²) in [5.74, 6) is 1.10. The van der Waals surface area contributed by atoms with E-state index in [0.29, 0.717) is 11.8 Å². The fraction of sp³-hybridized carbons (Fsp3) is 0.609. The van der Waals surface area contributed by atoms with Crippen LogP contribution in [0.15, 0.2) is 24.3 Å². The first kappa shape index (κ1) is 23.2. The molecule has 164 valence electrons. The number of piperidine rings is 1. The molecule has 1 saturated carbocycles. The van der Waals surface area contributed by atoms with Gasteiger partial charge in [0.2, 0.25) is 0 Å². The van der Waals surface area contributed by atoms with Crippen LogP contribution in [0.2, 0.25) is 0 Å². The van der Waals surface area contributed by atoms with Crippen LogP contribution in [0, 0.1) is 5.92 Å².